The molecule has 0 bridgehead atoms. The Hall–Kier alpha value is -3.32. The van der Waals surface area contributed by atoms with Crippen LogP contribution in [0.15, 0.2) is 48.0 Å². The van der Waals surface area contributed by atoms with Gasteiger partial charge in [-0.25, -0.2) is 0 Å². The molecule has 7 nitrogen and oxygen atoms in total. The lowest BCUT2D eigenvalue weighted by Gasteiger charge is -2.27. The molecule has 2 atom stereocenters. The monoisotopic (exact) mass is 520 g/mol. The van der Waals surface area contributed by atoms with Gasteiger partial charge in [0.2, 0.25) is 0 Å². The molecule has 1 N–H and O–H groups in total. The first kappa shape index (κ1) is 27.7. The molecule has 2 aliphatic heterocycles. The number of ether oxygens (including phenoxy) is 2. The maximum absolute atomic E-state index is 13.4. The van der Waals surface area contributed by atoms with Crippen molar-refractivity contribution in [3.8, 4) is 11.5 Å². The lowest BCUT2D eigenvalue weighted by molar-refractivity contribution is -0.140. The molecule has 0 saturated carbocycles. The highest BCUT2D eigenvalue weighted by Crippen LogP contribution is 2.41. The summed E-state index contributed by atoms with van der Waals surface area (Å²) in [6, 6.07) is 12.3. The minimum atomic E-state index is -0.690. The quantitative estimate of drug-likeness (QED) is 0.176. The van der Waals surface area contributed by atoms with Gasteiger partial charge in [0, 0.05) is 18.5 Å². The van der Waals surface area contributed by atoms with Crippen molar-refractivity contribution in [2.24, 2.45) is 0 Å². The van der Waals surface area contributed by atoms with Gasteiger partial charge in [0.15, 0.2) is 0 Å². The first-order chi connectivity index (χ1) is 18.4. The van der Waals surface area contributed by atoms with Gasteiger partial charge in [-0.2, -0.15) is 0 Å². The van der Waals surface area contributed by atoms with Crippen molar-refractivity contribution in [1.29, 1.82) is 0 Å². The molecule has 204 valence electrons. The van der Waals surface area contributed by atoms with Gasteiger partial charge in [-0.05, 0) is 80.9 Å². The first-order valence-electron chi connectivity index (χ1n) is 13.9. The number of hydrogen-bond acceptors (Lipinski definition) is 6. The molecule has 4 rings (SSSR count). The van der Waals surface area contributed by atoms with E-state index in [4.69, 9.17) is 9.47 Å². The standard InChI is InChI=1S/C31H40N2O5/c1-5-8-17-37-25-12-9-11-22(20-25)28-27(29(34)23-13-14-26-24(19-23)18-21(4)38-26)30(35)31(36)33(28)16-10-15-32(6-2)7-3/h9,11-14,19-21,28,34H,5-8,10,15-18H2,1-4H3/b29-27+/t21-,28-/m0/s1. The number of unbranched alkanes of at least 4 members (excludes halogenated alkanes) is 1. The van der Waals surface area contributed by atoms with E-state index in [1.165, 1.54) is 0 Å². The van der Waals surface area contributed by atoms with Crippen molar-refractivity contribution in [2.45, 2.75) is 65.5 Å². The molecule has 2 heterocycles. The van der Waals surface area contributed by atoms with Crippen molar-refractivity contribution in [2.75, 3.05) is 32.8 Å². The van der Waals surface area contributed by atoms with Crippen molar-refractivity contribution in [1.82, 2.24) is 9.80 Å². The molecule has 38 heavy (non-hydrogen) atoms. The maximum Gasteiger partial charge on any atom is 0.295 e. The van der Waals surface area contributed by atoms with Gasteiger partial charge in [-0.15, -0.1) is 0 Å². The fourth-order valence-corrected chi connectivity index (χ4v) is 5.30. The number of likely N-dealkylation sites (tertiary alicyclic amines) is 1. The van der Waals surface area contributed by atoms with E-state index in [9.17, 15) is 14.7 Å². The number of nitrogens with zero attached hydrogens (tertiary/aromatic N) is 2. The summed E-state index contributed by atoms with van der Waals surface area (Å²) in [5.74, 6) is 0.0938. The molecule has 0 unspecified atom stereocenters. The van der Waals surface area contributed by atoms with E-state index in [-0.39, 0.29) is 17.4 Å². The first-order valence-corrected chi connectivity index (χ1v) is 13.9. The number of aliphatic hydroxyl groups excluding tert-OH is 1. The number of ketones is 1. The molecule has 2 aromatic rings. The highest BCUT2D eigenvalue weighted by Gasteiger charge is 2.46. The van der Waals surface area contributed by atoms with Crippen molar-refractivity contribution >= 4 is 17.4 Å². The predicted molar refractivity (Wildman–Crippen MR) is 148 cm³/mol. The minimum absolute atomic E-state index is 0.0641. The van der Waals surface area contributed by atoms with Crippen LogP contribution in [0.5, 0.6) is 11.5 Å². The summed E-state index contributed by atoms with van der Waals surface area (Å²) in [5, 5.41) is 11.5. The van der Waals surface area contributed by atoms with E-state index < -0.39 is 17.7 Å². The highest BCUT2D eigenvalue weighted by atomic mass is 16.5. The Morgan fingerprint density at radius 3 is 2.63 bits per heavy atom. The van der Waals surface area contributed by atoms with Gasteiger partial charge in [0.25, 0.3) is 11.7 Å². The summed E-state index contributed by atoms with van der Waals surface area (Å²) in [6.45, 7) is 12.0. The lowest BCUT2D eigenvalue weighted by Crippen LogP contribution is -2.33. The van der Waals surface area contributed by atoms with E-state index in [2.05, 4.69) is 25.7 Å². The number of carbonyl (C=O) groups is 2. The molecular weight excluding hydrogens is 480 g/mol. The Bertz CT molecular complexity index is 1190. The van der Waals surface area contributed by atoms with Crippen LogP contribution in [-0.4, -0.2) is 65.5 Å². The largest absolute Gasteiger partial charge is 0.507 e. The van der Waals surface area contributed by atoms with Crippen LogP contribution in [0.4, 0.5) is 0 Å². The van der Waals surface area contributed by atoms with E-state index in [0.29, 0.717) is 24.5 Å². The van der Waals surface area contributed by atoms with Crippen molar-refractivity contribution < 1.29 is 24.2 Å². The molecule has 1 saturated heterocycles. The lowest BCUT2D eigenvalue weighted by atomic mass is 9.94. The predicted octanol–water partition coefficient (Wildman–Crippen LogP) is 5.34. The average Bonchev–Trinajstić information content (AvgIpc) is 3.42. The van der Waals surface area contributed by atoms with Crippen LogP contribution in [0.1, 0.15) is 69.7 Å². The molecule has 2 aromatic carbocycles. The van der Waals surface area contributed by atoms with Crippen LogP contribution < -0.4 is 9.47 Å². The Morgan fingerprint density at radius 2 is 1.89 bits per heavy atom. The van der Waals surface area contributed by atoms with Gasteiger partial charge in [-0.1, -0.05) is 39.3 Å². The fraction of sp³-hybridized carbons (Fsp3) is 0.484. The second kappa shape index (κ2) is 12.5. The third-order valence-electron chi connectivity index (χ3n) is 7.42. The highest BCUT2D eigenvalue weighted by molar-refractivity contribution is 6.46. The number of Topliss-reactive ketones (excluding diaryl/α,β-unsaturated/α-hetero) is 1. The van der Waals surface area contributed by atoms with Crippen LogP contribution >= 0.6 is 0 Å². The third kappa shape index (κ3) is 5.88. The Balaban J connectivity index is 1.72. The normalized spacial score (nSPS) is 20.2. The van der Waals surface area contributed by atoms with Crippen molar-refractivity contribution in [3.05, 3.63) is 64.7 Å². The summed E-state index contributed by atoms with van der Waals surface area (Å²) in [6.07, 6.45) is 3.49. The molecule has 7 heteroatoms. The van der Waals surface area contributed by atoms with Crippen LogP contribution in [0.3, 0.4) is 0 Å². The minimum Gasteiger partial charge on any atom is -0.507 e. The van der Waals surface area contributed by atoms with E-state index in [0.717, 1.165) is 62.2 Å². The molecule has 0 radical (unpaired) electrons. The van der Waals surface area contributed by atoms with Crippen molar-refractivity contribution in [3.63, 3.8) is 0 Å². The molecule has 2 aliphatic rings. The van der Waals surface area contributed by atoms with Crippen LogP contribution in [-0.2, 0) is 16.0 Å². The second-order valence-electron chi connectivity index (χ2n) is 10.1. The second-order valence-corrected chi connectivity index (χ2v) is 10.1. The number of aliphatic hydroxyl groups is 1. The molecule has 0 aliphatic carbocycles. The SMILES string of the molecule is CCCCOc1cccc([C@H]2/C(=C(\O)c3ccc4c(c3)C[C@H](C)O4)C(=O)C(=O)N2CCCN(CC)CC)c1. The Labute approximate surface area is 226 Å². The van der Waals surface area contributed by atoms with E-state index >= 15 is 0 Å². The zero-order valence-corrected chi connectivity index (χ0v) is 23.0. The summed E-state index contributed by atoms with van der Waals surface area (Å²) in [7, 11) is 0. The fourth-order valence-electron chi connectivity index (χ4n) is 5.30. The van der Waals surface area contributed by atoms with E-state index in [1.807, 2.05) is 43.3 Å². The number of amides is 1. The molecule has 1 fully saturated rings. The molecule has 0 spiro atoms. The van der Waals surface area contributed by atoms with Gasteiger partial charge >= 0.3 is 0 Å². The molecule has 1 amide bonds. The molecular formula is C31H40N2O5. The van der Waals surface area contributed by atoms with Gasteiger partial charge in [0.1, 0.15) is 23.4 Å². The van der Waals surface area contributed by atoms with Crippen LogP contribution in [0, 0.1) is 0 Å². The zero-order chi connectivity index (χ0) is 27.2. The smallest absolute Gasteiger partial charge is 0.295 e. The van der Waals surface area contributed by atoms with Gasteiger partial charge in [-0.3, -0.25) is 9.59 Å². The number of carbonyl (C=O) groups excluding carboxylic acids is 2. The van der Waals surface area contributed by atoms with Gasteiger partial charge in [0.05, 0.1) is 18.2 Å². The number of hydrogen-bond donors (Lipinski definition) is 1. The summed E-state index contributed by atoms with van der Waals surface area (Å²) in [5.41, 5.74) is 2.37. The van der Waals surface area contributed by atoms with E-state index in [1.54, 1.807) is 11.0 Å². The Kier molecular flexibility index (Phi) is 9.10. The molecule has 0 aromatic heterocycles. The topological polar surface area (TPSA) is 79.3 Å². The summed E-state index contributed by atoms with van der Waals surface area (Å²) >= 11 is 0. The summed E-state index contributed by atoms with van der Waals surface area (Å²) < 4.78 is 11.7. The third-order valence-corrected chi connectivity index (χ3v) is 7.42. The summed E-state index contributed by atoms with van der Waals surface area (Å²) in [4.78, 5) is 30.7. The van der Waals surface area contributed by atoms with Crippen LogP contribution in [0.25, 0.3) is 5.76 Å². The Morgan fingerprint density at radius 1 is 1.11 bits per heavy atom. The zero-order valence-electron chi connectivity index (χ0n) is 23.0. The number of fused-ring (bicyclic) bond motifs is 1. The van der Waals surface area contributed by atoms with Gasteiger partial charge < -0.3 is 24.4 Å². The van der Waals surface area contributed by atoms with Crippen LogP contribution in [0.2, 0.25) is 0 Å². The number of benzene rings is 2. The average molecular weight is 521 g/mol. The maximum atomic E-state index is 13.4. The number of rotatable bonds is 12.